The van der Waals surface area contributed by atoms with Crippen LogP contribution in [0.3, 0.4) is 0 Å². The van der Waals surface area contributed by atoms with Gasteiger partial charge in [-0.05, 0) is 36.8 Å². The maximum atomic E-state index is 12.3. The number of anilines is 1. The smallest absolute Gasteiger partial charge is 0.237 e. The summed E-state index contributed by atoms with van der Waals surface area (Å²) in [6, 6.07) is 13.0. The van der Waals surface area contributed by atoms with Crippen molar-refractivity contribution < 1.29 is 14.3 Å². The molecule has 23 heavy (non-hydrogen) atoms. The highest BCUT2D eigenvalue weighted by Gasteiger charge is 2.17. The fourth-order valence-electron chi connectivity index (χ4n) is 2.14. The van der Waals surface area contributed by atoms with Gasteiger partial charge in [0.05, 0.1) is 5.25 Å². The van der Waals surface area contributed by atoms with Gasteiger partial charge >= 0.3 is 0 Å². The second kappa shape index (κ2) is 7.15. The van der Waals surface area contributed by atoms with Crippen LogP contribution in [0, 0.1) is 0 Å². The molecule has 2 aromatic rings. The van der Waals surface area contributed by atoms with E-state index >= 15 is 0 Å². The van der Waals surface area contributed by atoms with Crippen LogP contribution in [0.2, 0.25) is 5.02 Å². The van der Waals surface area contributed by atoms with Gasteiger partial charge in [-0.1, -0.05) is 23.7 Å². The number of fused-ring (bicyclic) bond motifs is 1. The third-order valence-electron chi connectivity index (χ3n) is 3.40. The summed E-state index contributed by atoms with van der Waals surface area (Å²) >= 11 is 7.53. The minimum absolute atomic E-state index is 0.0455. The lowest BCUT2D eigenvalue weighted by molar-refractivity contribution is -0.115. The molecule has 1 aliphatic rings. The Hall–Kier alpha value is -1.85. The van der Waals surface area contributed by atoms with Crippen LogP contribution in [-0.4, -0.2) is 18.0 Å². The van der Waals surface area contributed by atoms with Crippen molar-refractivity contribution in [2.24, 2.45) is 0 Å². The van der Waals surface area contributed by atoms with Crippen LogP contribution >= 0.6 is 23.4 Å². The molecule has 0 aromatic heterocycles. The first-order chi connectivity index (χ1) is 11.1. The molecule has 120 valence electrons. The van der Waals surface area contributed by atoms with E-state index in [1.165, 1.54) is 0 Å². The van der Waals surface area contributed by atoms with E-state index in [4.69, 9.17) is 21.1 Å². The highest BCUT2D eigenvalue weighted by Crippen LogP contribution is 2.34. The molecule has 4 nitrogen and oxygen atoms in total. The molecule has 1 heterocycles. The Morgan fingerprint density at radius 3 is 2.91 bits per heavy atom. The average molecular weight is 350 g/mol. The number of amides is 1. The Kier molecular flexibility index (Phi) is 4.98. The Balaban J connectivity index is 1.55. The summed E-state index contributed by atoms with van der Waals surface area (Å²) in [4.78, 5) is 12.3. The molecule has 0 bridgehead atoms. The summed E-state index contributed by atoms with van der Waals surface area (Å²) in [6.07, 6.45) is 0. The van der Waals surface area contributed by atoms with Crippen LogP contribution in [0.1, 0.15) is 12.5 Å². The Labute approximate surface area is 144 Å². The molecular weight excluding hydrogens is 334 g/mol. The standard InChI is InChI=1S/C17H16ClNO3S/c1-11(23-9-12-3-2-4-13(18)7-12)17(20)19-14-5-6-15-16(8-14)22-10-21-15/h2-8,11H,9-10H2,1H3,(H,19,20). The van der Waals surface area contributed by atoms with Crippen molar-refractivity contribution in [1.82, 2.24) is 0 Å². The van der Waals surface area contributed by atoms with Gasteiger partial charge in [-0.2, -0.15) is 0 Å². The molecule has 1 atom stereocenters. The number of hydrogen-bond acceptors (Lipinski definition) is 4. The second-order valence-corrected chi connectivity index (χ2v) is 6.91. The first-order valence-electron chi connectivity index (χ1n) is 7.18. The van der Waals surface area contributed by atoms with Crippen molar-refractivity contribution in [2.75, 3.05) is 12.1 Å². The number of thioether (sulfide) groups is 1. The van der Waals surface area contributed by atoms with Crippen LogP contribution in [0.4, 0.5) is 5.69 Å². The maximum Gasteiger partial charge on any atom is 0.237 e. The third-order valence-corrected chi connectivity index (χ3v) is 4.85. The molecule has 1 N–H and O–H groups in total. The summed E-state index contributed by atoms with van der Waals surface area (Å²) in [7, 11) is 0. The molecule has 0 aliphatic carbocycles. The topological polar surface area (TPSA) is 47.6 Å². The molecule has 0 spiro atoms. The van der Waals surface area contributed by atoms with Crippen LogP contribution in [0.25, 0.3) is 0 Å². The molecule has 1 aliphatic heterocycles. The average Bonchev–Trinajstić information content (AvgIpc) is 3.00. The lowest BCUT2D eigenvalue weighted by atomic mass is 10.2. The van der Waals surface area contributed by atoms with Crippen molar-refractivity contribution in [3.05, 3.63) is 53.1 Å². The number of hydrogen-bond donors (Lipinski definition) is 1. The first kappa shape index (κ1) is 16.0. The van der Waals surface area contributed by atoms with Gasteiger partial charge in [-0.15, -0.1) is 11.8 Å². The van der Waals surface area contributed by atoms with E-state index in [2.05, 4.69) is 5.32 Å². The van der Waals surface area contributed by atoms with Crippen LogP contribution < -0.4 is 14.8 Å². The van der Waals surface area contributed by atoms with Gasteiger partial charge < -0.3 is 14.8 Å². The molecular formula is C17H16ClNO3S. The van der Waals surface area contributed by atoms with Crippen LogP contribution in [-0.2, 0) is 10.5 Å². The molecule has 6 heteroatoms. The van der Waals surface area contributed by atoms with Crippen molar-refractivity contribution in [1.29, 1.82) is 0 Å². The van der Waals surface area contributed by atoms with Gasteiger partial charge in [0.2, 0.25) is 12.7 Å². The molecule has 0 saturated carbocycles. The molecule has 0 fully saturated rings. The summed E-state index contributed by atoms with van der Waals surface area (Å²) in [5, 5.41) is 3.43. The molecule has 2 aromatic carbocycles. The van der Waals surface area contributed by atoms with E-state index in [1.807, 2.05) is 31.2 Å². The van der Waals surface area contributed by atoms with Crippen molar-refractivity contribution >= 4 is 35.0 Å². The lowest BCUT2D eigenvalue weighted by Gasteiger charge is -2.12. The number of nitrogens with one attached hydrogen (secondary N) is 1. The normalized spacial score (nSPS) is 13.7. The Morgan fingerprint density at radius 1 is 1.26 bits per heavy atom. The lowest BCUT2D eigenvalue weighted by Crippen LogP contribution is -2.22. The number of carbonyl (C=O) groups excluding carboxylic acids is 1. The van der Waals surface area contributed by atoms with E-state index in [0.717, 1.165) is 11.3 Å². The summed E-state index contributed by atoms with van der Waals surface area (Å²) < 4.78 is 10.6. The largest absolute Gasteiger partial charge is 0.454 e. The van der Waals surface area contributed by atoms with Gasteiger partial charge in [0, 0.05) is 22.5 Å². The molecule has 1 amide bonds. The van der Waals surface area contributed by atoms with E-state index in [1.54, 1.807) is 30.0 Å². The van der Waals surface area contributed by atoms with Crippen LogP contribution in [0.5, 0.6) is 11.5 Å². The summed E-state index contributed by atoms with van der Waals surface area (Å²) in [5.41, 5.74) is 1.81. The highest BCUT2D eigenvalue weighted by molar-refractivity contribution is 7.99. The number of ether oxygens (including phenoxy) is 2. The van der Waals surface area contributed by atoms with Gasteiger partial charge in [0.25, 0.3) is 0 Å². The first-order valence-corrected chi connectivity index (χ1v) is 8.61. The van der Waals surface area contributed by atoms with E-state index in [0.29, 0.717) is 22.2 Å². The molecule has 0 saturated heterocycles. The molecule has 3 rings (SSSR count). The summed E-state index contributed by atoms with van der Waals surface area (Å²) in [6.45, 7) is 2.11. The maximum absolute atomic E-state index is 12.3. The van der Waals surface area contributed by atoms with Gasteiger partial charge in [-0.25, -0.2) is 0 Å². The van der Waals surface area contributed by atoms with Crippen molar-refractivity contribution in [3.8, 4) is 11.5 Å². The minimum Gasteiger partial charge on any atom is -0.454 e. The predicted octanol–water partition coefficient (Wildman–Crippen LogP) is 4.33. The zero-order valence-corrected chi connectivity index (χ0v) is 14.1. The fourth-order valence-corrected chi connectivity index (χ4v) is 3.19. The highest BCUT2D eigenvalue weighted by atomic mass is 35.5. The number of benzene rings is 2. The van der Waals surface area contributed by atoms with E-state index < -0.39 is 0 Å². The zero-order chi connectivity index (χ0) is 16.2. The number of rotatable bonds is 5. The SMILES string of the molecule is CC(SCc1cccc(Cl)c1)C(=O)Nc1ccc2c(c1)OCO2. The predicted molar refractivity (Wildman–Crippen MR) is 93.4 cm³/mol. The van der Waals surface area contributed by atoms with Gasteiger partial charge in [0.15, 0.2) is 11.5 Å². The van der Waals surface area contributed by atoms with Crippen molar-refractivity contribution in [3.63, 3.8) is 0 Å². The van der Waals surface area contributed by atoms with Gasteiger partial charge in [0.1, 0.15) is 0 Å². The molecule has 1 unspecified atom stereocenters. The fraction of sp³-hybridized carbons (Fsp3) is 0.235. The number of carbonyl (C=O) groups is 1. The van der Waals surface area contributed by atoms with E-state index in [9.17, 15) is 4.79 Å². The molecule has 0 radical (unpaired) electrons. The Bertz CT molecular complexity index is 723. The zero-order valence-electron chi connectivity index (χ0n) is 12.5. The Morgan fingerprint density at radius 2 is 2.09 bits per heavy atom. The summed E-state index contributed by atoms with van der Waals surface area (Å²) in [5.74, 6) is 2.04. The number of halogens is 1. The third kappa shape index (κ3) is 4.12. The van der Waals surface area contributed by atoms with E-state index in [-0.39, 0.29) is 18.0 Å². The second-order valence-electron chi connectivity index (χ2n) is 5.14. The van der Waals surface area contributed by atoms with Crippen LogP contribution in [0.15, 0.2) is 42.5 Å². The minimum atomic E-state index is -0.181. The monoisotopic (exact) mass is 349 g/mol. The van der Waals surface area contributed by atoms with Crippen molar-refractivity contribution in [2.45, 2.75) is 17.9 Å². The quantitative estimate of drug-likeness (QED) is 0.872. The van der Waals surface area contributed by atoms with Gasteiger partial charge in [-0.3, -0.25) is 4.79 Å².